The first-order valence-corrected chi connectivity index (χ1v) is 6.04. The Balaban J connectivity index is 1.63. The molecule has 1 aromatic rings. The van der Waals surface area contributed by atoms with Gasteiger partial charge in [0.2, 0.25) is 0 Å². The summed E-state index contributed by atoms with van der Waals surface area (Å²) >= 11 is 5.84. The predicted molar refractivity (Wildman–Crippen MR) is 74.4 cm³/mol. The molecule has 0 bridgehead atoms. The SMILES string of the molecule is Clc1ccc(CNC2=CN=C3N=CN=C3C2)cc1. The lowest BCUT2D eigenvalue weighted by atomic mass is 10.1. The number of hydrogen-bond acceptors (Lipinski definition) is 4. The van der Waals surface area contributed by atoms with E-state index in [-0.39, 0.29) is 0 Å². The van der Waals surface area contributed by atoms with Gasteiger partial charge < -0.3 is 5.32 Å². The van der Waals surface area contributed by atoms with E-state index in [1.165, 1.54) is 5.56 Å². The largest absolute Gasteiger partial charge is 0.383 e. The third kappa shape index (κ3) is 2.33. The molecule has 0 aliphatic carbocycles. The van der Waals surface area contributed by atoms with Crippen LogP contribution in [-0.2, 0) is 6.54 Å². The number of halogens is 1. The Kier molecular flexibility index (Phi) is 2.94. The molecular weight excluding hydrogens is 248 g/mol. The van der Waals surface area contributed by atoms with Crippen LogP contribution in [0.2, 0.25) is 5.02 Å². The molecule has 0 atom stereocenters. The molecule has 18 heavy (non-hydrogen) atoms. The molecule has 5 heteroatoms. The van der Waals surface area contributed by atoms with Crippen molar-refractivity contribution in [3.05, 3.63) is 46.7 Å². The third-order valence-electron chi connectivity index (χ3n) is 2.79. The van der Waals surface area contributed by atoms with Crippen molar-refractivity contribution in [2.45, 2.75) is 13.0 Å². The zero-order chi connectivity index (χ0) is 12.4. The highest BCUT2D eigenvalue weighted by Crippen LogP contribution is 2.14. The van der Waals surface area contributed by atoms with Crippen molar-refractivity contribution in [2.24, 2.45) is 15.0 Å². The van der Waals surface area contributed by atoms with Crippen LogP contribution in [0, 0.1) is 0 Å². The Bertz CT molecular complexity index is 582. The fraction of sp³-hybridized carbons (Fsp3) is 0.154. The van der Waals surface area contributed by atoms with Crippen LogP contribution in [0.5, 0.6) is 0 Å². The zero-order valence-corrected chi connectivity index (χ0v) is 10.4. The summed E-state index contributed by atoms with van der Waals surface area (Å²) in [5.74, 6) is 0.729. The molecule has 0 spiro atoms. The zero-order valence-electron chi connectivity index (χ0n) is 9.60. The molecule has 4 nitrogen and oxygen atoms in total. The van der Waals surface area contributed by atoms with Gasteiger partial charge in [0.15, 0.2) is 5.84 Å². The molecule has 0 fully saturated rings. The molecule has 0 radical (unpaired) electrons. The monoisotopic (exact) mass is 258 g/mol. The lowest BCUT2D eigenvalue weighted by Crippen LogP contribution is -2.21. The van der Waals surface area contributed by atoms with Crippen molar-refractivity contribution in [2.75, 3.05) is 0 Å². The van der Waals surface area contributed by atoms with Crippen LogP contribution < -0.4 is 5.32 Å². The van der Waals surface area contributed by atoms with Gasteiger partial charge in [-0.1, -0.05) is 23.7 Å². The van der Waals surface area contributed by atoms with E-state index in [1.807, 2.05) is 30.5 Å². The molecule has 0 aromatic heterocycles. The predicted octanol–water partition coefficient (Wildman–Crippen LogP) is 2.56. The third-order valence-corrected chi connectivity index (χ3v) is 3.04. The summed E-state index contributed by atoms with van der Waals surface area (Å²) in [6, 6.07) is 7.78. The topological polar surface area (TPSA) is 49.1 Å². The summed E-state index contributed by atoms with van der Waals surface area (Å²) in [5.41, 5.74) is 3.16. The standard InChI is InChI=1S/C13H11ClN4/c14-10-3-1-9(2-4-10)6-15-11-5-12-13(16-7-11)18-8-17-12/h1-4,7-8,15H,5-6H2. The summed E-state index contributed by atoms with van der Waals surface area (Å²) < 4.78 is 0. The van der Waals surface area contributed by atoms with Gasteiger partial charge in [-0.3, -0.25) is 0 Å². The summed E-state index contributed by atoms with van der Waals surface area (Å²) in [6.07, 6.45) is 4.11. The van der Waals surface area contributed by atoms with Crippen molar-refractivity contribution in [1.29, 1.82) is 0 Å². The molecule has 0 saturated heterocycles. The second-order valence-electron chi connectivity index (χ2n) is 4.08. The van der Waals surface area contributed by atoms with Gasteiger partial charge in [0, 0.05) is 29.9 Å². The van der Waals surface area contributed by atoms with Gasteiger partial charge in [-0.15, -0.1) is 0 Å². The Morgan fingerprint density at radius 2 is 2.00 bits per heavy atom. The van der Waals surface area contributed by atoms with Gasteiger partial charge >= 0.3 is 0 Å². The second kappa shape index (κ2) is 4.74. The Morgan fingerprint density at radius 1 is 1.17 bits per heavy atom. The number of fused-ring (bicyclic) bond motifs is 1. The molecule has 2 aliphatic heterocycles. The lowest BCUT2D eigenvalue weighted by Gasteiger charge is -2.13. The maximum absolute atomic E-state index is 5.84. The molecule has 90 valence electrons. The highest BCUT2D eigenvalue weighted by Gasteiger charge is 2.17. The number of aliphatic imine (C=N–C) groups is 3. The Hall–Kier alpha value is -1.94. The molecule has 1 aromatic carbocycles. The summed E-state index contributed by atoms with van der Waals surface area (Å²) in [7, 11) is 0. The van der Waals surface area contributed by atoms with E-state index >= 15 is 0 Å². The number of rotatable bonds is 3. The maximum atomic E-state index is 5.84. The van der Waals surface area contributed by atoms with Gasteiger partial charge in [0.05, 0.1) is 5.71 Å². The first-order chi connectivity index (χ1) is 8.81. The number of nitrogens with zero attached hydrogens (tertiary/aromatic N) is 3. The molecule has 0 unspecified atom stereocenters. The average molecular weight is 259 g/mol. The fourth-order valence-electron chi connectivity index (χ4n) is 1.81. The smallest absolute Gasteiger partial charge is 0.175 e. The maximum Gasteiger partial charge on any atom is 0.175 e. The van der Waals surface area contributed by atoms with Crippen molar-refractivity contribution in [1.82, 2.24) is 5.32 Å². The number of benzene rings is 1. The normalized spacial score (nSPS) is 16.8. The van der Waals surface area contributed by atoms with Crippen LogP contribution >= 0.6 is 11.6 Å². The minimum absolute atomic E-state index is 0.729. The molecule has 0 amide bonds. The van der Waals surface area contributed by atoms with E-state index in [4.69, 9.17) is 11.6 Å². The van der Waals surface area contributed by atoms with E-state index in [0.29, 0.717) is 0 Å². The number of nitrogens with one attached hydrogen (secondary N) is 1. The van der Waals surface area contributed by atoms with Crippen molar-refractivity contribution in [3.8, 4) is 0 Å². The Morgan fingerprint density at radius 3 is 2.83 bits per heavy atom. The van der Waals surface area contributed by atoms with Crippen molar-refractivity contribution >= 4 is 29.5 Å². The Labute approximate surface area is 110 Å². The van der Waals surface area contributed by atoms with Gasteiger partial charge in [0.25, 0.3) is 0 Å². The summed E-state index contributed by atoms with van der Waals surface area (Å²) in [4.78, 5) is 12.5. The molecular formula is C13H11ClN4. The minimum atomic E-state index is 0.729. The summed E-state index contributed by atoms with van der Waals surface area (Å²) in [5, 5.41) is 4.10. The number of amidine groups is 1. The fourth-order valence-corrected chi connectivity index (χ4v) is 1.94. The minimum Gasteiger partial charge on any atom is -0.383 e. The molecule has 0 saturated carbocycles. The molecule has 2 heterocycles. The van der Waals surface area contributed by atoms with Crippen LogP contribution in [0.4, 0.5) is 0 Å². The van der Waals surface area contributed by atoms with E-state index in [1.54, 1.807) is 6.34 Å². The first-order valence-electron chi connectivity index (χ1n) is 5.66. The van der Waals surface area contributed by atoms with Gasteiger partial charge in [0.1, 0.15) is 6.34 Å². The van der Waals surface area contributed by atoms with Crippen LogP contribution in [0.15, 0.2) is 51.1 Å². The van der Waals surface area contributed by atoms with Gasteiger partial charge in [-0.2, -0.15) is 0 Å². The highest BCUT2D eigenvalue weighted by molar-refractivity contribution is 6.47. The van der Waals surface area contributed by atoms with Crippen LogP contribution in [0.1, 0.15) is 12.0 Å². The number of hydrogen-bond donors (Lipinski definition) is 1. The molecule has 2 aliphatic rings. The van der Waals surface area contributed by atoms with E-state index in [0.717, 1.165) is 35.2 Å². The van der Waals surface area contributed by atoms with Crippen LogP contribution in [0.25, 0.3) is 0 Å². The van der Waals surface area contributed by atoms with Gasteiger partial charge in [-0.25, -0.2) is 15.0 Å². The highest BCUT2D eigenvalue weighted by atomic mass is 35.5. The van der Waals surface area contributed by atoms with Crippen molar-refractivity contribution in [3.63, 3.8) is 0 Å². The number of allylic oxidation sites excluding steroid dienone is 1. The molecule has 3 rings (SSSR count). The van der Waals surface area contributed by atoms with E-state index in [9.17, 15) is 0 Å². The lowest BCUT2D eigenvalue weighted by molar-refractivity contribution is 0.791. The molecule has 1 N–H and O–H groups in total. The van der Waals surface area contributed by atoms with E-state index < -0.39 is 0 Å². The van der Waals surface area contributed by atoms with E-state index in [2.05, 4.69) is 20.3 Å². The quantitative estimate of drug-likeness (QED) is 0.890. The summed E-state index contributed by atoms with van der Waals surface area (Å²) in [6.45, 7) is 0.752. The average Bonchev–Trinajstić information content (AvgIpc) is 2.85. The van der Waals surface area contributed by atoms with Crippen LogP contribution in [0.3, 0.4) is 0 Å². The van der Waals surface area contributed by atoms with Crippen LogP contribution in [-0.4, -0.2) is 17.9 Å². The second-order valence-corrected chi connectivity index (χ2v) is 4.52. The first kappa shape index (κ1) is 11.2. The van der Waals surface area contributed by atoms with Gasteiger partial charge in [-0.05, 0) is 17.7 Å². The van der Waals surface area contributed by atoms with Crippen molar-refractivity contribution < 1.29 is 0 Å².